The van der Waals surface area contributed by atoms with Gasteiger partial charge in [-0.25, -0.2) is 0 Å². The smallest absolute Gasteiger partial charge is 0.124 e. The fourth-order valence-corrected chi connectivity index (χ4v) is 2.02. The Morgan fingerprint density at radius 3 is 2.47 bits per heavy atom. The molecule has 96 valence electrons. The molecule has 2 aromatic rings. The summed E-state index contributed by atoms with van der Waals surface area (Å²) in [4.78, 5) is 0. The first-order chi connectivity index (χ1) is 9.35. The molecule has 3 nitrogen and oxygen atoms in total. The zero-order chi connectivity index (χ0) is 13.5. The second kappa shape index (κ2) is 6.46. The van der Waals surface area contributed by atoms with Crippen LogP contribution in [-0.2, 0) is 0 Å². The van der Waals surface area contributed by atoms with Gasteiger partial charge in [0.15, 0.2) is 0 Å². The number of nitrogens with one attached hydrogen (secondary N) is 1. The number of anilines is 1. The fourth-order valence-electron chi connectivity index (χ4n) is 2.02. The Bertz CT molecular complexity index is 560. The highest BCUT2D eigenvalue weighted by molar-refractivity contribution is 5.48. The molecule has 0 amide bonds. The van der Waals surface area contributed by atoms with E-state index in [-0.39, 0.29) is 6.04 Å². The summed E-state index contributed by atoms with van der Waals surface area (Å²) in [5, 5.41) is 12.4. The number of rotatable bonds is 5. The van der Waals surface area contributed by atoms with Gasteiger partial charge in [-0.3, -0.25) is 0 Å². The van der Waals surface area contributed by atoms with E-state index in [2.05, 4.69) is 11.4 Å². The van der Waals surface area contributed by atoms with Gasteiger partial charge >= 0.3 is 0 Å². The molecule has 0 aromatic heterocycles. The lowest BCUT2D eigenvalue weighted by Crippen LogP contribution is -2.11. The van der Waals surface area contributed by atoms with Crippen molar-refractivity contribution < 1.29 is 4.74 Å². The first-order valence-electron chi connectivity index (χ1n) is 6.16. The maximum atomic E-state index is 9.01. The SMILES string of the molecule is COc1ccccc1C(CC#N)Nc1ccccc1. The molecule has 19 heavy (non-hydrogen) atoms. The minimum absolute atomic E-state index is 0.0800. The van der Waals surface area contributed by atoms with Crippen LogP contribution in [0.5, 0.6) is 5.75 Å². The molecule has 0 radical (unpaired) electrons. The number of ether oxygens (including phenoxy) is 1. The quantitative estimate of drug-likeness (QED) is 0.881. The molecule has 3 heteroatoms. The van der Waals surface area contributed by atoms with E-state index in [0.717, 1.165) is 17.0 Å². The predicted molar refractivity (Wildman–Crippen MR) is 76.0 cm³/mol. The highest BCUT2D eigenvalue weighted by Crippen LogP contribution is 2.29. The summed E-state index contributed by atoms with van der Waals surface area (Å²) >= 11 is 0. The molecule has 1 N–H and O–H groups in total. The summed E-state index contributed by atoms with van der Waals surface area (Å²) in [6, 6.07) is 19.8. The summed E-state index contributed by atoms with van der Waals surface area (Å²) in [6.07, 6.45) is 0.384. The van der Waals surface area contributed by atoms with E-state index < -0.39 is 0 Å². The van der Waals surface area contributed by atoms with Crippen LogP contribution in [0.4, 0.5) is 5.69 Å². The fraction of sp³-hybridized carbons (Fsp3) is 0.188. The molecule has 0 saturated carbocycles. The molecule has 1 atom stereocenters. The minimum Gasteiger partial charge on any atom is -0.496 e. The third kappa shape index (κ3) is 3.26. The summed E-state index contributed by atoms with van der Waals surface area (Å²) in [7, 11) is 1.64. The zero-order valence-electron chi connectivity index (χ0n) is 10.8. The molecule has 1 unspecified atom stereocenters. The lowest BCUT2D eigenvalue weighted by molar-refractivity contribution is 0.407. The average molecular weight is 252 g/mol. The largest absolute Gasteiger partial charge is 0.496 e. The van der Waals surface area contributed by atoms with Gasteiger partial charge < -0.3 is 10.1 Å². The molecular weight excluding hydrogens is 236 g/mol. The van der Waals surface area contributed by atoms with Crippen LogP contribution in [0.15, 0.2) is 54.6 Å². The van der Waals surface area contributed by atoms with E-state index in [1.54, 1.807) is 7.11 Å². The molecule has 0 aliphatic heterocycles. The zero-order valence-corrected chi connectivity index (χ0v) is 10.8. The van der Waals surface area contributed by atoms with Crippen LogP contribution in [0.3, 0.4) is 0 Å². The van der Waals surface area contributed by atoms with Crippen LogP contribution in [0.25, 0.3) is 0 Å². The molecule has 0 spiro atoms. The van der Waals surface area contributed by atoms with Gasteiger partial charge in [0.1, 0.15) is 5.75 Å². The second-order valence-electron chi connectivity index (χ2n) is 4.17. The molecule has 0 aliphatic rings. The van der Waals surface area contributed by atoms with Gasteiger partial charge in [0.05, 0.1) is 25.6 Å². The third-order valence-electron chi connectivity index (χ3n) is 2.92. The Kier molecular flexibility index (Phi) is 4.41. The van der Waals surface area contributed by atoms with Gasteiger partial charge in [-0.15, -0.1) is 0 Å². The number of benzene rings is 2. The van der Waals surface area contributed by atoms with Gasteiger partial charge in [0, 0.05) is 11.3 Å². The highest BCUT2D eigenvalue weighted by Gasteiger charge is 2.15. The number of hydrogen-bond donors (Lipinski definition) is 1. The minimum atomic E-state index is -0.0800. The predicted octanol–water partition coefficient (Wildman–Crippen LogP) is 3.76. The normalized spacial score (nSPS) is 11.4. The lowest BCUT2D eigenvalue weighted by atomic mass is 10.0. The Morgan fingerprint density at radius 2 is 1.79 bits per heavy atom. The van der Waals surface area contributed by atoms with E-state index in [0.29, 0.717) is 6.42 Å². The summed E-state index contributed by atoms with van der Waals surface area (Å²) < 4.78 is 5.36. The maximum Gasteiger partial charge on any atom is 0.124 e. The first-order valence-corrected chi connectivity index (χ1v) is 6.16. The molecular formula is C16H16N2O. The molecule has 2 rings (SSSR count). The summed E-state index contributed by atoms with van der Waals surface area (Å²) in [5.41, 5.74) is 1.99. The molecule has 0 aliphatic carbocycles. The summed E-state index contributed by atoms with van der Waals surface area (Å²) in [6.45, 7) is 0. The Balaban J connectivity index is 2.27. The third-order valence-corrected chi connectivity index (χ3v) is 2.92. The van der Waals surface area contributed by atoms with Gasteiger partial charge in [-0.2, -0.15) is 5.26 Å². The van der Waals surface area contributed by atoms with E-state index >= 15 is 0 Å². The van der Waals surface area contributed by atoms with E-state index in [4.69, 9.17) is 10.00 Å². The lowest BCUT2D eigenvalue weighted by Gasteiger charge is -2.20. The van der Waals surface area contributed by atoms with Crippen molar-refractivity contribution in [1.29, 1.82) is 5.26 Å². The average Bonchev–Trinajstić information content (AvgIpc) is 2.48. The Hall–Kier alpha value is -2.47. The highest BCUT2D eigenvalue weighted by atomic mass is 16.5. The van der Waals surface area contributed by atoms with Gasteiger partial charge in [0.2, 0.25) is 0 Å². The first kappa shape index (κ1) is 13.0. The van der Waals surface area contributed by atoms with Crippen molar-refractivity contribution >= 4 is 5.69 Å². The molecule has 0 fully saturated rings. The van der Waals surface area contributed by atoms with Crippen molar-refractivity contribution in [3.63, 3.8) is 0 Å². The van der Waals surface area contributed by atoms with Crippen molar-refractivity contribution in [2.24, 2.45) is 0 Å². The summed E-state index contributed by atoms with van der Waals surface area (Å²) in [5.74, 6) is 0.797. The van der Waals surface area contributed by atoms with Crippen LogP contribution in [-0.4, -0.2) is 7.11 Å². The van der Waals surface area contributed by atoms with E-state index in [1.165, 1.54) is 0 Å². The maximum absolute atomic E-state index is 9.01. The molecule has 2 aromatic carbocycles. The number of para-hydroxylation sites is 2. The van der Waals surface area contributed by atoms with Crippen molar-refractivity contribution in [2.75, 3.05) is 12.4 Å². The standard InChI is InChI=1S/C16H16N2O/c1-19-16-10-6-5-9-14(16)15(11-12-17)18-13-7-3-2-4-8-13/h2-10,15,18H,11H2,1H3. The van der Waals surface area contributed by atoms with E-state index in [9.17, 15) is 0 Å². The van der Waals surface area contributed by atoms with Crippen LogP contribution in [0.2, 0.25) is 0 Å². The second-order valence-corrected chi connectivity index (χ2v) is 4.17. The van der Waals surface area contributed by atoms with Crippen molar-refractivity contribution in [2.45, 2.75) is 12.5 Å². The molecule has 0 heterocycles. The van der Waals surface area contributed by atoms with Crippen molar-refractivity contribution in [3.8, 4) is 11.8 Å². The van der Waals surface area contributed by atoms with Gasteiger partial charge in [-0.05, 0) is 18.2 Å². The van der Waals surface area contributed by atoms with E-state index in [1.807, 2.05) is 54.6 Å². The number of nitrogens with zero attached hydrogens (tertiary/aromatic N) is 1. The van der Waals surface area contributed by atoms with Crippen LogP contribution >= 0.6 is 0 Å². The molecule has 0 saturated heterocycles. The van der Waals surface area contributed by atoms with Crippen LogP contribution in [0.1, 0.15) is 18.0 Å². The Labute approximate surface area is 113 Å². The molecule has 0 bridgehead atoms. The number of nitriles is 1. The van der Waals surface area contributed by atoms with Crippen molar-refractivity contribution in [1.82, 2.24) is 0 Å². The number of hydrogen-bond acceptors (Lipinski definition) is 3. The number of methoxy groups -OCH3 is 1. The monoisotopic (exact) mass is 252 g/mol. The van der Waals surface area contributed by atoms with Crippen LogP contribution in [0, 0.1) is 11.3 Å². The Morgan fingerprint density at radius 1 is 1.11 bits per heavy atom. The van der Waals surface area contributed by atoms with Crippen LogP contribution < -0.4 is 10.1 Å². The topological polar surface area (TPSA) is 45.0 Å². The van der Waals surface area contributed by atoms with Gasteiger partial charge in [-0.1, -0.05) is 36.4 Å². The van der Waals surface area contributed by atoms with Crippen molar-refractivity contribution in [3.05, 3.63) is 60.2 Å². The van der Waals surface area contributed by atoms with Gasteiger partial charge in [0.25, 0.3) is 0 Å².